The molecule has 1 aromatic heterocycles. The van der Waals surface area contributed by atoms with Crippen molar-refractivity contribution in [3.63, 3.8) is 0 Å². The highest BCUT2D eigenvalue weighted by molar-refractivity contribution is 6.42. The third kappa shape index (κ3) is 4.55. The van der Waals surface area contributed by atoms with Gasteiger partial charge in [-0.1, -0.05) is 52.5 Å². The smallest absolute Gasteiger partial charge is 0.295 e. The van der Waals surface area contributed by atoms with Crippen molar-refractivity contribution in [3.05, 3.63) is 92.1 Å². The molecule has 0 aliphatic carbocycles. The van der Waals surface area contributed by atoms with E-state index in [1.165, 1.54) is 4.68 Å². The van der Waals surface area contributed by atoms with Gasteiger partial charge in [-0.15, -0.1) is 5.10 Å². The predicted octanol–water partition coefficient (Wildman–Crippen LogP) is 7.11. The maximum atomic E-state index is 12.9. The van der Waals surface area contributed by atoms with Gasteiger partial charge in [0, 0.05) is 21.3 Å². The van der Waals surface area contributed by atoms with Gasteiger partial charge in [0.25, 0.3) is 5.91 Å². The fourth-order valence-corrected chi connectivity index (χ4v) is 3.50. The molecule has 3 aromatic carbocycles. The number of aromatic nitrogens is 3. The molecule has 0 unspecified atom stereocenters. The molecule has 0 bridgehead atoms. The van der Waals surface area contributed by atoms with Gasteiger partial charge in [0.15, 0.2) is 5.82 Å². The lowest BCUT2D eigenvalue weighted by Crippen LogP contribution is -2.15. The lowest BCUT2D eigenvalue weighted by molar-refractivity contribution is 0.101. The van der Waals surface area contributed by atoms with Crippen molar-refractivity contribution in [1.82, 2.24) is 14.8 Å². The van der Waals surface area contributed by atoms with Crippen LogP contribution in [0.4, 0.5) is 5.69 Å². The van der Waals surface area contributed by atoms with Crippen molar-refractivity contribution >= 4 is 58.0 Å². The third-order valence-corrected chi connectivity index (χ3v) is 5.98. The fraction of sp³-hybridized carbons (Fsp3) is 0.0455. The SMILES string of the molecule is Cc1c(Cl)cccc1NC(=O)c1nc(-c2ccc(Cl)cc2)n(-c2ccc(Cl)c(Cl)c2)n1. The molecule has 4 aromatic rings. The molecule has 5 nitrogen and oxygen atoms in total. The van der Waals surface area contributed by atoms with Crippen LogP contribution in [0.25, 0.3) is 17.1 Å². The lowest BCUT2D eigenvalue weighted by Gasteiger charge is -2.08. The van der Waals surface area contributed by atoms with E-state index in [1.54, 1.807) is 60.7 Å². The summed E-state index contributed by atoms with van der Waals surface area (Å²) in [6, 6.07) is 17.4. The summed E-state index contributed by atoms with van der Waals surface area (Å²) < 4.78 is 1.53. The van der Waals surface area contributed by atoms with Gasteiger partial charge in [0.1, 0.15) is 0 Å². The molecule has 0 aliphatic rings. The summed E-state index contributed by atoms with van der Waals surface area (Å²) in [7, 11) is 0. The number of halogens is 4. The molecule has 0 spiro atoms. The Morgan fingerprint density at radius 2 is 1.65 bits per heavy atom. The molecule has 0 atom stereocenters. The van der Waals surface area contributed by atoms with Crippen molar-refractivity contribution in [2.24, 2.45) is 0 Å². The standard InChI is InChI=1S/C22H14Cl4N4O/c1-12-16(24)3-2-4-19(12)27-22(31)20-28-21(13-5-7-14(23)8-6-13)30(29-20)15-9-10-17(25)18(26)11-15/h2-11H,1H3,(H,27,31). The van der Waals surface area contributed by atoms with Crippen molar-refractivity contribution in [2.75, 3.05) is 5.32 Å². The summed E-state index contributed by atoms with van der Waals surface area (Å²) in [6.07, 6.45) is 0. The summed E-state index contributed by atoms with van der Waals surface area (Å²) in [5, 5.41) is 9.14. The largest absolute Gasteiger partial charge is 0.319 e. The first-order valence-electron chi connectivity index (χ1n) is 9.08. The van der Waals surface area contributed by atoms with Gasteiger partial charge in [-0.2, -0.15) is 0 Å². The van der Waals surface area contributed by atoms with Crippen LogP contribution in [-0.4, -0.2) is 20.7 Å². The maximum Gasteiger partial charge on any atom is 0.295 e. The van der Waals surface area contributed by atoms with Gasteiger partial charge >= 0.3 is 0 Å². The van der Waals surface area contributed by atoms with Crippen LogP contribution in [0.5, 0.6) is 0 Å². The van der Waals surface area contributed by atoms with Crippen LogP contribution in [0.1, 0.15) is 16.2 Å². The van der Waals surface area contributed by atoms with Crippen molar-refractivity contribution in [1.29, 1.82) is 0 Å². The first kappa shape index (κ1) is 21.7. The number of nitrogens with one attached hydrogen (secondary N) is 1. The van der Waals surface area contributed by atoms with Crippen molar-refractivity contribution in [3.8, 4) is 17.1 Å². The van der Waals surface area contributed by atoms with Gasteiger partial charge < -0.3 is 5.32 Å². The Hall–Kier alpha value is -2.57. The Morgan fingerprint density at radius 3 is 2.35 bits per heavy atom. The lowest BCUT2D eigenvalue weighted by atomic mass is 10.2. The van der Waals surface area contributed by atoms with Crippen LogP contribution in [0.3, 0.4) is 0 Å². The zero-order chi connectivity index (χ0) is 22.1. The zero-order valence-corrected chi connectivity index (χ0v) is 19.1. The molecule has 1 heterocycles. The minimum atomic E-state index is -0.473. The monoisotopic (exact) mass is 490 g/mol. The molecule has 0 radical (unpaired) electrons. The molecule has 0 saturated carbocycles. The second-order valence-corrected chi connectivity index (χ2v) is 8.30. The highest BCUT2D eigenvalue weighted by Crippen LogP contribution is 2.28. The van der Waals surface area contributed by atoms with E-state index in [9.17, 15) is 4.79 Å². The van der Waals surface area contributed by atoms with Crippen LogP contribution in [-0.2, 0) is 0 Å². The second kappa shape index (κ2) is 8.89. The van der Waals surface area contributed by atoms with Gasteiger partial charge in [-0.05, 0) is 67.1 Å². The Morgan fingerprint density at radius 1 is 0.903 bits per heavy atom. The molecule has 9 heteroatoms. The predicted molar refractivity (Wildman–Crippen MR) is 126 cm³/mol. The minimum absolute atomic E-state index is 0.0182. The van der Waals surface area contributed by atoms with Crippen LogP contribution in [0, 0.1) is 6.92 Å². The van der Waals surface area contributed by atoms with E-state index in [4.69, 9.17) is 46.4 Å². The Kier molecular flexibility index (Phi) is 6.21. The highest BCUT2D eigenvalue weighted by atomic mass is 35.5. The van der Waals surface area contributed by atoms with Gasteiger partial charge in [0.2, 0.25) is 5.82 Å². The second-order valence-electron chi connectivity index (χ2n) is 6.64. The van der Waals surface area contributed by atoms with Gasteiger partial charge in [-0.3, -0.25) is 4.79 Å². The number of hydrogen-bond acceptors (Lipinski definition) is 3. The number of anilines is 1. The van der Waals surface area contributed by atoms with E-state index in [2.05, 4.69) is 15.4 Å². The summed E-state index contributed by atoms with van der Waals surface area (Å²) in [5.41, 5.74) is 2.65. The molecule has 4 rings (SSSR count). The number of benzene rings is 3. The average Bonchev–Trinajstić information content (AvgIpc) is 3.19. The average molecular weight is 492 g/mol. The number of nitrogens with zero attached hydrogens (tertiary/aromatic N) is 3. The number of hydrogen-bond donors (Lipinski definition) is 1. The molecule has 1 N–H and O–H groups in total. The molecular formula is C22H14Cl4N4O. The first-order valence-corrected chi connectivity index (χ1v) is 10.6. The Bertz CT molecular complexity index is 1290. The van der Waals surface area contributed by atoms with Crippen LogP contribution in [0.15, 0.2) is 60.7 Å². The van der Waals surface area contributed by atoms with Crippen LogP contribution < -0.4 is 5.32 Å². The molecular weight excluding hydrogens is 478 g/mol. The van der Waals surface area contributed by atoms with E-state index < -0.39 is 5.91 Å². The molecule has 0 aliphatic heterocycles. The minimum Gasteiger partial charge on any atom is -0.319 e. The van der Waals surface area contributed by atoms with Crippen molar-refractivity contribution in [2.45, 2.75) is 6.92 Å². The van der Waals surface area contributed by atoms with Crippen LogP contribution in [0.2, 0.25) is 20.1 Å². The van der Waals surface area contributed by atoms with Gasteiger partial charge in [-0.25, -0.2) is 9.67 Å². The highest BCUT2D eigenvalue weighted by Gasteiger charge is 2.20. The fourth-order valence-electron chi connectivity index (χ4n) is 2.91. The summed E-state index contributed by atoms with van der Waals surface area (Å²) >= 11 is 24.4. The van der Waals surface area contributed by atoms with Crippen molar-refractivity contribution < 1.29 is 4.79 Å². The molecule has 1 amide bonds. The molecule has 0 fully saturated rings. The number of amides is 1. The summed E-state index contributed by atoms with van der Waals surface area (Å²) in [4.78, 5) is 17.4. The molecule has 0 saturated heterocycles. The van der Waals surface area contributed by atoms with Crippen LogP contribution >= 0.6 is 46.4 Å². The molecule has 156 valence electrons. The normalized spacial score (nSPS) is 10.9. The number of carbonyl (C=O) groups excluding carboxylic acids is 1. The summed E-state index contributed by atoms with van der Waals surface area (Å²) in [5.74, 6) is -0.0437. The first-order chi connectivity index (χ1) is 14.8. The van der Waals surface area contributed by atoms with E-state index >= 15 is 0 Å². The topological polar surface area (TPSA) is 59.8 Å². The summed E-state index contributed by atoms with van der Waals surface area (Å²) in [6.45, 7) is 1.82. The Labute approximate surface area is 198 Å². The van der Waals surface area contributed by atoms with E-state index in [1.807, 2.05) is 6.92 Å². The molecule has 31 heavy (non-hydrogen) atoms. The van der Waals surface area contributed by atoms with Gasteiger partial charge in [0.05, 0.1) is 15.7 Å². The number of rotatable bonds is 4. The third-order valence-electron chi connectivity index (χ3n) is 4.58. The quantitative estimate of drug-likeness (QED) is 0.331. The van der Waals surface area contributed by atoms with E-state index in [-0.39, 0.29) is 5.82 Å². The van der Waals surface area contributed by atoms with E-state index in [0.29, 0.717) is 37.3 Å². The maximum absolute atomic E-state index is 12.9. The number of carbonyl (C=O) groups is 1. The van der Waals surface area contributed by atoms with E-state index in [0.717, 1.165) is 11.1 Å². The zero-order valence-electron chi connectivity index (χ0n) is 16.0. The Balaban J connectivity index is 1.78.